The Morgan fingerprint density at radius 1 is 1.07 bits per heavy atom. The summed E-state index contributed by atoms with van der Waals surface area (Å²) < 4.78 is 89.6. The van der Waals surface area contributed by atoms with E-state index in [4.69, 9.17) is 14.2 Å². The van der Waals surface area contributed by atoms with E-state index in [-0.39, 0.29) is 34.8 Å². The second-order valence-corrected chi connectivity index (χ2v) is 13.1. The zero-order valence-corrected chi connectivity index (χ0v) is 25.8. The molecule has 0 saturated heterocycles. The Kier molecular flexibility index (Phi) is 9.64. The molecule has 3 aromatic carbocycles. The second kappa shape index (κ2) is 13.4. The van der Waals surface area contributed by atoms with Gasteiger partial charge in [-0.3, -0.25) is 0 Å². The lowest BCUT2D eigenvalue weighted by atomic mass is 9.80. The molecule has 0 saturated carbocycles. The smallest absolute Gasteiger partial charge is 0.389 e. The summed E-state index contributed by atoms with van der Waals surface area (Å²) in [6, 6.07) is 19.0. The van der Waals surface area contributed by atoms with E-state index in [1.165, 1.54) is 37.0 Å². The van der Waals surface area contributed by atoms with Gasteiger partial charge in [-0.05, 0) is 60.4 Å². The summed E-state index contributed by atoms with van der Waals surface area (Å²) in [6.45, 7) is 0.244. The molecule has 44 heavy (non-hydrogen) atoms. The van der Waals surface area contributed by atoms with Crippen LogP contribution in [0.25, 0.3) is 0 Å². The van der Waals surface area contributed by atoms with Crippen LogP contribution in [-0.4, -0.2) is 44.8 Å². The summed E-state index contributed by atoms with van der Waals surface area (Å²) in [6.07, 6.45) is -2.77. The number of aromatic nitrogens is 2. The SMILES string of the molecule is COc1ccc(CN(c2ncns2)S(=O)(=O)c2ccc3c(c2)OCC[C@@H]3CC(CCC(F)(F)F)c2ccccc2)c(OC)c1. The first kappa shape index (κ1) is 31.6. The lowest BCUT2D eigenvalue weighted by Crippen LogP contribution is -2.31. The molecule has 0 aliphatic carbocycles. The molecule has 0 N–H and O–H groups in total. The van der Waals surface area contributed by atoms with E-state index in [1.54, 1.807) is 24.3 Å². The van der Waals surface area contributed by atoms with Gasteiger partial charge in [0.25, 0.3) is 10.0 Å². The van der Waals surface area contributed by atoms with Crippen LogP contribution in [0.2, 0.25) is 0 Å². The number of nitrogens with zero attached hydrogens (tertiary/aromatic N) is 3. The van der Waals surface area contributed by atoms with Gasteiger partial charge in [-0.15, -0.1) is 0 Å². The lowest BCUT2D eigenvalue weighted by molar-refractivity contribution is -0.136. The van der Waals surface area contributed by atoms with Crippen LogP contribution >= 0.6 is 11.5 Å². The van der Waals surface area contributed by atoms with Crippen molar-refractivity contribution in [2.75, 3.05) is 25.1 Å². The predicted octanol–water partition coefficient (Wildman–Crippen LogP) is 7.33. The molecule has 5 rings (SSSR count). The topological polar surface area (TPSA) is 90.9 Å². The van der Waals surface area contributed by atoms with Crippen LogP contribution in [0.5, 0.6) is 17.2 Å². The Bertz CT molecular complexity index is 1650. The zero-order valence-electron chi connectivity index (χ0n) is 24.2. The van der Waals surface area contributed by atoms with E-state index in [2.05, 4.69) is 9.36 Å². The molecule has 0 fully saturated rings. The van der Waals surface area contributed by atoms with E-state index in [0.717, 1.165) is 22.7 Å². The normalized spacial score (nSPS) is 15.6. The molecule has 0 bridgehead atoms. The van der Waals surface area contributed by atoms with Gasteiger partial charge < -0.3 is 14.2 Å². The van der Waals surface area contributed by atoms with Crippen molar-refractivity contribution in [3.05, 3.63) is 89.7 Å². The highest BCUT2D eigenvalue weighted by molar-refractivity contribution is 7.93. The third-order valence-corrected chi connectivity index (χ3v) is 10.3. The number of sulfonamides is 1. The number of alkyl halides is 3. The van der Waals surface area contributed by atoms with Gasteiger partial charge in [0.1, 0.15) is 23.6 Å². The van der Waals surface area contributed by atoms with E-state index >= 15 is 0 Å². The van der Waals surface area contributed by atoms with Crippen molar-refractivity contribution in [3.8, 4) is 17.2 Å². The molecule has 234 valence electrons. The maximum atomic E-state index is 14.1. The molecule has 1 aliphatic heterocycles. The monoisotopic (exact) mass is 647 g/mol. The van der Waals surface area contributed by atoms with Crippen LogP contribution in [0.3, 0.4) is 0 Å². The molecule has 13 heteroatoms. The average molecular weight is 648 g/mol. The number of halogens is 3. The molecule has 8 nitrogen and oxygen atoms in total. The predicted molar refractivity (Wildman–Crippen MR) is 161 cm³/mol. The van der Waals surface area contributed by atoms with Gasteiger partial charge in [-0.1, -0.05) is 36.4 Å². The number of rotatable bonds is 12. The van der Waals surface area contributed by atoms with Crippen LogP contribution in [-0.2, 0) is 16.6 Å². The average Bonchev–Trinajstić information content (AvgIpc) is 3.56. The number of anilines is 1. The highest BCUT2D eigenvalue weighted by Gasteiger charge is 2.33. The quantitative estimate of drug-likeness (QED) is 0.159. The lowest BCUT2D eigenvalue weighted by Gasteiger charge is -2.30. The fourth-order valence-electron chi connectivity index (χ4n) is 5.47. The molecular weight excluding hydrogens is 615 g/mol. The standard InChI is InChI=1S/C31H32F3N3O5S2/c1-40-25-9-8-24(28(17-25)41-2)19-37(30-35-20-36-43-30)44(38,39)26-10-11-27-23(13-15-42-29(27)18-26)16-22(12-14-31(32,33)34)21-6-4-3-5-7-21/h3-11,17-18,20,22-23H,12-16,19H2,1-2H3/t22?,23-/m1/s1. The molecule has 1 aromatic heterocycles. The molecule has 2 atom stereocenters. The van der Waals surface area contributed by atoms with Crippen LogP contribution in [0.15, 0.2) is 78.0 Å². The fraction of sp³-hybridized carbons (Fsp3) is 0.355. The zero-order chi connectivity index (χ0) is 31.3. The van der Waals surface area contributed by atoms with Crippen molar-refractivity contribution in [2.45, 2.75) is 55.1 Å². The van der Waals surface area contributed by atoms with Gasteiger partial charge in [0.05, 0.1) is 32.3 Å². The van der Waals surface area contributed by atoms with Gasteiger partial charge in [0.15, 0.2) is 0 Å². The number of hydrogen-bond acceptors (Lipinski definition) is 8. The summed E-state index contributed by atoms with van der Waals surface area (Å²) in [5.74, 6) is 1.000. The minimum Gasteiger partial charge on any atom is -0.497 e. The van der Waals surface area contributed by atoms with Crippen molar-refractivity contribution in [3.63, 3.8) is 0 Å². The summed E-state index contributed by atoms with van der Waals surface area (Å²) in [7, 11) is -1.14. The van der Waals surface area contributed by atoms with Crippen molar-refractivity contribution in [1.29, 1.82) is 0 Å². The summed E-state index contributed by atoms with van der Waals surface area (Å²) >= 11 is 0.942. The molecule has 4 aromatic rings. The first-order valence-electron chi connectivity index (χ1n) is 14.0. The molecular formula is C31H32F3N3O5S2. The third-order valence-electron chi connectivity index (χ3n) is 7.72. The van der Waals surface area contributed by atoms with Crippen molar-refractivity contribution in [2.24, 2.45) is 0 Å². The highest BCUT2D eigenvalue weighted by Crippen LogP contribution is 2.43. The van der Waals surface area contributed by atoms with Crippen LogP contribution in [0, 0.1) is 0 Å². The number of benzene rings is 3. The fourth-order valence-corrected chi connectivity index (χ4v) is 7.62. The van der Waals surface area contributed by atoms with Gasteiger partial charge in [-0.2, -0.15) is 17.5 Å². The first-order valence-corrected chi connectivity index (χ1v) is 16.2. The van der Waals surface area contributed by atoms with Crippen LogP contribution in [0.1, 0.15) is 54.2 Å². The minimum atomic E-state index is -4.25. The number of fused-ring (bicyclic) bond motifs is 1. The van der Waals surface area contributed by atoms with Crippen molar-refractivity contribution >= 4 is 26.7 Å². The van der Waals surface area contributed by atoms with Gasteiger partial charge in [0, 0.05) is 35.6 Å². The maximum Gasteiger partial charge on any atom is 0.389 e. The number of ether oxygens (including phenoxy) is 3. The summed E-state index contributed by atoms with van der Waals surface area (Å²) in [4.78, 5) is 4.16. The van der Waals surface area contributed by atoms with Crippen molar-refractivity contribution in [1.82, 2.24) is 9.36 Å². The maximum absolute atomic E-state index is 14.1. The van der Waals surface area contributed by atoms with Gasteiger partial charge in [0.2, 0.25) is 5.13 Å². The molecule has 0 radical (unpaired) electrons. The Morgan fingerprint density at radius 2 is 1.86 bits per heavy atom. The van der Waals surface area contributed by atoms with E-state index in [9.17, 15) is 21.6 Å². The summed E-state index contributed by atoms with van der Waals surface area (Å²) in [5.41, 5.74) is 2.22. The Hall–Kier alpha value is -3.84. The second-order valence-electron chi connectivity index (χ2n) is 10.4. The number of hydrogen-bond donors (Lipinski definition) is 0. The highest BCUT2D eigenvalue weighted by atomic mass is 32.2. The Balaban J connectivity index is 1.44. The first-order chi connectivity index (χ1) is 21.1. The van der Waals surface area contributed by atoms with Crippen molar-refractivity contribution < 1.29 is 35.8 Å². The van der Waals surface area contributed by atoms with E-state index in [0.29, 0.717) is 42.3 Å². The van der Waals surface area contributed by atoms with E-state index in [1.807, 2.05) is 30.3 Å². The van der Waals surface area contributed by atoms with Gasteiger partial charge >= 0.3 is 6.18 Å². The molecule has 2 heterocycles. The largest absolute Gasteiger partial charge is 0.497 e. The summed E-state index contributed by atoms with van der Waals surface area (Å²) in [5, 5.41) is 0.176. The Morgan fingerprint density at radius 3 is 2.55 bits per heavy atom. The van der Waals surface area contributed by atoms with Crippen LogP contribution < -0.4 is 18.5 Å². The van der Waals surface area contributed by atoms with E-state index < -0.39 is 22.6 Å². The molecule has 0 spiro atoms. The van der Waals surface area contributed by atoms with Gasteiger partial charge in [-0.25, -0.2) is 17.7 Å². The molecule has 0 amide bonds. The third kappa shape index (κ3) is 7.27. The Labute approximate surface area is 258 Å². The molecule has 1 unspecified atom stereocenters. The van der Waals surface area contributed by atoms with Crippen LogP contribution in [0.4, 0.5) is 18.3 Å². The molecule has 1 aliphatic rings. The minimum absolute atomic E-state index is 0.00346. The number of methoxy groups -OCH3 is 2.